The number of methoxy groups -OCH3 is 1. The highest BCUT2D eigenvalue weighted by atomic mass is 16.5. The molecule has 3 heteroatoms. The average Bonchev–Trinajstić information content (AvgIpc) is 2.68. The van der Waals surface area contributed by atoms with Gasteiger partial charge < -0.3 is 4.74 Å². The second kappa shape index (κ2) is 7.25. The second-order valence-corrected chi connectivity index (χ2v) is 4.60. The fraction of sp³-hybridized carbons (Fsp3) is 0.714. The van der Waals surface area contributed by atoms with Crippen LogP contribution in [0, 0.1) is 11.8 Å². The molecule has 0 aromatic rings. The van der Waals surface area contributed by atoms with E-state index < -0.39 is 0 Å². The van der Waals surface area contributed by atoms with Gasteiger partial charge in [-0.05, 0) is 31.6 Å². The lowest BCUT2D eigenvalue weighted by Gasteiger charge is -2.16. The summed E-state index contributed by atoms with van der Waals surface area (Å²) in [7, 11) is 1.41. The van der Waals surface area contributed by atoms with Gasteiger partial charge in [0.2, 0.25) is 0 Å². The van der Waals surface area contributed by atoms with Crippen LogP contribution in [0.1, 0.15) is 45.4 Å². The van der Waals surface area contributed by atoms with Crippen LogP contribution in [0.2, 0.25) is 0 Å². The molecule has 1 saturated carbocycles. The van der Waals surface area contributed by atoms with Crippen LogP contribution >= 0.6 is 0 Å². The van der Waals surface area contributed by atoms with E-state index in [-0.39, 0.29) is 11.9 Å². The Morgan fingerprint density at radius 2 is 2.24 bits per heavy atom. The van der Waals surface area contributed by atoms with Crippen molar-refractivity contribution in [1.29, 1.82) is 0 Å². The topological polar surface area (TPSA) is 43.4 Å². The first kappa shape index (κ1) is 13.9. The molecule has 2 atom stereocenters. The molecule has 0 heterocycles. The summed E-state index contributed by atoms with van der Waals surface area (Å²) in [5.74, 6) is 0.679. The van der Waals surface area contributed by atoms with Crippen molar-refractivity contribution in [2.24, 2.45) is 11.8 Å². The summed E-state index contributed by atoms with van der Waals surface area (Å²) in [6.45, 7) is 2.09. The maximum atomic E-state index is 11.7. The van der Waals surface area contributed by atoms with Crippen molar-refractivity contribution in [3.05, 3.63) is 12.2 Å². The summed E-state index contributed by atoms with van der Waals surface area (Å²) in [6.07, 6.45) is 8.86. The van der Waals surface area contributed by atoms with E-state index in [1.807, 2.05) is 0 Å². The Hall–Kier alpha value is -1.12. The lowest BCUT2D eigenvalue weighted by Crippen LogP contribution is -2.15. The summed E-state index contributed by atoms with van der Waals surface area (Å²) >= 11 is 0. The van der Waals surface area contributed by atoms with Gasteiger partial charge in [0.25, 0.3) is 0 Å². The van der Waals surface area contributed by atoms with E-state index in [1.165, 1.54) is 7.11 Å². The van der Waals surface area contributed by atoms with Crippen LogP contribution in [-0.2, 0) is 14.3 Å². The van der Waals surface area contributed by atoms with E-state index in [4.69, 9.17) is 0 Å². The van der Waals surface area contributed by atoms with Crippen LogP contribution in [-0.4, -0.2) is 18.9 Å². The molecular formula is C14H22O3. The summed E-state index contributed by atoms with van der Waals surface area (Å²) in [6, 6.07) is 0. The van der Waals surface area contributed by atoms with Gasteiger partial charge in [-0.25, -0.2) is 0 Å². The minimum Gasteiger partial charge on any atom is -0.469 e. The van der Waals surface area contributed by atoms with Gasteiger partial charge in [-0.2, -0.15) is 0 Å². The Balaban J connectivity index is 2.44. The third kappa shape index (κ3) is 4.33. The van der Waals surface area contributed by atoms with Crippen LogP contribution in [0.15, 0.2) is 12.2 Å². The molecule has 0 radical (unpaired) electrons. The number of carbonyl (C=O) groups is 2. The highest BCUT2D eigenvalue weighted by Crippen LogP contribution is 2.34. The van der Waals surface area contributed by atoms with E-state index in [0.29, 0.717) is 24.5 Å². The number of carbonyl (C=O) groups excluding carboxylic acids is 2. The zero-order valence-corrected chi connectivity index (χ0v) is 10.8. The third-order valence-electron chi connectivity index (χ3n) is 3.48. The molecule has 0 aromatic heterocycles. The number of hydrogen-bond donors (Lipinski definition) is 0. The molecule has 0 amide bonds. The van der Waals surface area contributed by atoms with Gasteiger partial charge in [-0.15, -0.1) is 0 Å². The van der Waals surface area contributed by atoms with Crippen LogP contribution in [0.25, 0.3) is 0 Å². The van der Waals surface area contributed by atoms with Gasteiger partial charge in [0.15, 0.2) is 0 Å². The first-order valence-corrected chi connectivity index (χ1v) is 6.43. The average molecular weight is 238 g/mol. The Morgan fingerprint density at radius 1 is 1.47 bits per heavy atom. The van der Waals surface area contributed by atoms with Gasteiger partial charge in [0, 0.05) is 18.8 Å². The maximum Gasteiger partial charge on any atom is 0.305 e. The number of esters is 1. The summed E-state index contributed by atoms with van der Waals surface area (Å²) < 4.78 is 4.63. The normalized spacial score (nSPS) is 24.5. The Kier molecular flexibility index (Phi) is 5.95. The number of ether oxygens (including phenoxy) is 1. The number of rotatable bonds is 6. The summed E-state index contributed by atoms with van der Waals surface area (Å²) in [5.41, 5.74) is 0. The van der Waals surface area contributed by atoms with Crippen molar-refractivity contribution in [1.82, 2.24) is 0 Å². The molecule has 1 aliphatic carbocycles. The molecule has 1 rings (SSSR count). The predicted octanol–water partition coefficient (Wildman–Crippen LogP) is 2.89. The molecule has 0 saturated heterocycles. The largest absolute Gasteiger partial charge is 0.469 e. The molecule has 17 heavy (non-hydrogen) atoms. The molecule has 96 valence electrons. The van der Waals surface area contributed by atoms with Gasteiger partial charge in [-0.3, -0.25) is 9.59 Å². The van der Waals surface area contributed by atoms with Gasteiger partial charge in [-0.1, -0.05) is 19.1 Å². The van der Waals surface area contributed by atoms with Crippen molar-refractivity contribution in [2.45, 2.75) is 45.4 Å². The van der Waals surface area contributed by atoms with Crippen molar-refractivity contribution in [3.63, 3.8) is 0 Å². The molecule has 0 aromatic carbocycles. The van der Waals surface area contributed by atoms with Crippen LogP contribution in [0.5, 0.6) is 0 Å². The number of hydrogen-bond acceptors (Lipinski definition) is 3. The smallest absolute Gasteiger partial charge is 0.305 e. The van der Waals surface area contributed by atoms with Crippen LogP contribution in [0.4, 0.5) is 0 Å². The molecule has 0 N–H and O–H groups in total. The van der Waals surface area contributed by atoms with E-state index >= 15 is 0 Å². The molecule has 1 aliphatic rings. The monoisotopic (exact) mass is 238 g/mol. The minimum atomic E-state index is -0.174. The van der Waals surface area contributed by atoms with Gasteiger partial charge in [0.1, 0.15) is 5.78 Å². The van der Waals surface area contributed by atoms with Crippen molar-refractivity contribution >= 4 is 11.8 Å². The maximum absolute atomic E-state index is 11.7. The van der Waals surface area contributed by atoms with E-state index in [1.54, 1.807) is 0 Å². The lowest BCUT2D eigenvalue weighted by molar-refractivity contribution is -0.141. The summed E-state index contributed by atoms with van der Waals surface area (Å²) in [4.78, 5) is 22.8. The van der Waals surface area contributed by atoms with Crippen molar-refractivity contribution < 1.29 is 14.3 Å². The third-order valence-corrected chi connectivity index (χ3v) is 3.48. The summed E-state index contributed by atoms with van der Waals surface area (Å²) in [5, 5.41) is 0. The highest BCUT2D eigenvalue weighted by Gasteiger charge is 2.33. The number of Topliss-reactive ketones (excluding diaryl/α,β-unsaturated/α-hetero) is 1. The fourth-order valence-electron chi connectivity index (χ4n) is 2.46. The van der Waals surface area contributed by atoms with E-state index in [2.05, 4.69) is 23.8 Å². The van der Waals surface area contributed by atoms with E-state index in [9.17, 15) is 9.59 Å². The Bertz CT molecular complexity index is 294. The minimum absolute atomic E-state index is 0.127. The predicted molar refractivity (Wildman–Crippen MR) is 66.5 cm³/mol. The second-order valence-electron chi connectivity index (χ2n) is 4.60. The standard InChI is InChI=1S/C14H22O3/c1-3-4-5-6-12-11(7-9-13(12)15)8-10-14(16)17-2/h4-5,11-12H,3,6-10H2,1-2H3/b5-4-/t11-,12-/m1/s1. The van der Waals surface area contributed by atoms with Gasteiger partial charge >= 0.3 is 5.97 Å². The van der Waals surface area contributed by atoms with E-state index in [0.717, 1.165) is 25.7 Å². The molecule has 0 aliphatic heterocycles. The molecule has 0 spiro atoms. The molecule has 0 bridgehead atoms. The molecule has 1 fully saturated rings. The van der Waals surface area contributed by atoms with Crippen LogP contribution in [0.3, 0.4) is 0 Å². The number of allylic oxidation sites excluding steroid dienone is 2. The molecule has 0 unspecified atom stereocenters. The first-order chi connectivity index (χ1) is 8.19. The Labute approximate surface area is 103 Å². The zero-order valence-electron chi connectivity index (χ0n) is 10.8. The highest BCUT2D eigenvalue weighted by molar-refractivity contribution is 5.83. The quantitative estimate of drug-likeness (QED) is 0.528. The van der Waals surface area contributed by atoms with Crippen molar-refractivity contribution in [3.8, 4) is 0 Å². The van der Waals surface area contributed by atoms with Gasteiger partial charge in [0.05, 0.1) is 7.11 Å². The lowest BCUT2D eigenvalue weighted by atomic mass is 9.88. The van der Waals surface area contributed by atoms with Crippen molar-refractivity contribution in [2.75, 3.05) is 7.11 Å². The van der Waals surface area contributed by atoms with Crippen LogP contribution < -0.4 is 0 Å². The first-order valence-electron chi connectivity index (χ1n) is 6.43. The SMILES string of the molecule is CC/C=C\C[C@H]1C(=O)CC[C@@H]1CCC(=O)OC. The zero-order chi connectivity index (χ0) is 12.7. The Morgan fingerprint density at radius 3 is 2.88 bits per heavy atom. The molecule has 3 nitrogen and oxygen atoms in total. The fourth-order valence-corrected chi connectivity index (χ4v) is 2.46. The number of ketones is 1. The molecular weight excluding hydrogens is 216 g/mol.